The Morgan fingerprint density at radius 2 is 1.80 bits per heavy atom. The molecule has 0 unspecified atom stereocenters. The highest BCUT2D eigenvalue weighted by Crippen LogP contribution is 2.37. The van der Waals surface area contributed by atoms with Crippen molar-refractivity contribution >= 4 is 0 Å². The van der Waals surface area contributed by atoms with Gasteiger partial charge in [-0.25, -0.2) is 0 Å². The van der Waals surface area contributed by atoms with E-state index in [9.17, 15) is 8.78 Å². The molecule has 0 saturated heterocycles. The van der Waals surface area contributed by atoms with Gasteiger partial charge in [0.15, 0.2) is 0 Å². The zero-order valence-corrected chi connectivity index (χ0v) is 11.9. The van der Waals surface area contributed by atoms with Gasteiger partial charge in [0.1, 0.15) is 5.75 Å². The van der Waals surface area contributed by atoms with Gasteiger partial charge in [0.2, 0.25) is 0 Å². The molecule has 110 valence electrons. The molecule has 1 fully saturated rings. The first kappa shape index (κ1) is 15.0. The van der Waals surface area contributed by atoms with Crippen molar-refractivity contribution in [1.29, 1.82) is 0 Å². The number of hydrogen-bond donors (Lipinski definition) is 0. The minimum Gasteiger partial charge on any atom is -0.494 e. The molecule has 0 amide bonds. The zero-order chi connectivity index (χ0) is 14.4. The second-order valence-corrected chi connectivity index (χ2v) is 5.49. The molecule has 0 N–H and O–H groups in total. The van der Waals surface area contributed by atoms with Crippen molar-refractivity contribution < 1.29 is 13.5 Å². The van der Waals surface area contributed by atoms with Gasteiger partial charge in [-0.15, -0.1) is 0 Å². The molecule has 0 aliphatic heterocycles. The van der Waals surface area contributed by atoms with Gasteiger partial charge in [-0.1, -0.05) is 19.1 Å². The molecule has 1 saturated carbocycles. The number of benzene rings is 1. The summed E-state index contributed by atoms with van der Waals surface area (Å²) in [5, 5.41) is 0. The van der Waals surface area contributed by atoms with Gasteiger partial charge >= 0.3 is 0 Å². The maximum absolute atomic E-state index is 12.2. The third-order valence-electron chi connectivity index (χ3n) is 3.96. The Morgan fingerprint density at radius 3 is 2.35 bits per heavy atom. The average Bonchev–Trinajstić information content (AvgIpc) is 2.46. The van der Waals surface area contributed by atoms with Crippen molar-refractivity contribution in [3.05, 3.63) is 42.0 Å². The summed E-state index contributed by atoms with van der Waals surface area (Å²) in [5.41, 5.74) is 1.30. The van der Waals surface area contributed by atoms with Crippen LogP contribution in [0.25, 0.3) is 0 Å². The fourth-order valence-electron chi connectivity index (χ4n) is 2.85. The highest BCUT2D eigenvalue weighted by atomic mass is 19.3. The standard InChI is InChI=1S/C17H22F2O/c1-2-11-20-16-9-7-15(8-10-16)14-5-3-13(4-6-14)12-17(18)19/h7-10,12-14H,2-6,11H2,1H3. The highest BCUT2D eigenvalue weighted by Gasteiger charge is 2.21. The van der Waals surface area contributed by atoms with Gasteiger partial charge in [-0.05, 0) is 67.7 Å². The summed E-state index contributed by atoms with van der Waals surface area (Å²) in [5.74, 6) is 1.47. The first-order valence-corrected chi connectivity index (χ1v) is 7.44. The minimum absolute atomic E-state index is 0.0587. The van der Waals surface area contributed by atoms with E-state index in [1.165, 1.54) is 5.56 Å². The van der Waals surface area contributed by atoms with E-state index in [4.69, 9.17) is 4.74 Å². The molecule has 0 spiro atoms. The van der Waals surface area contributed by atoms with Crippen LogP contribution in [0.2, 0.25) is 0 Å². The Morgan fingerprint density at radius 1 is 1.15 bits per heavy atom. The topological polar surface area (TPSA) is 9.23 Å². The monoisotopic (exact) mass is 280 g/mol. The molecule has 3 heteroatoms. The molecule has 1 aliphatic carbocycles. The van der Waals surface area contributed by atoms with Gasteiger partial charge in [-0.2, -0.15) is 8.78 Å². The molecule has 0 heterocycles. The maximum atomic E-state index is 12.2. The summed E-state index contributed by atoms with van der Waals surface area (Å²) in [6, 6.07) is 8.25. The van der Waals surface area contributed by atoms with Crippen molar-refractivity contribution in [2.45, 2.75) is 44.9 Å². The Hall–Kier alpha value is -1.38. The quantitative estimate of drug-likeness (QED) is 0.689. The third kappa shape index (κ3) is 4.32. The van der Waals surface area contributed by atoms with E-state index in [0.29, 0.717) is 5.92 Å². The number of allylic oxidation sites excluding steroid dienone is 1. The van der Waals surface area contributed by atoms with Crippen LogP contribution in [0.1, 0.15) is 50.5 Å². The predicted octanol–water partition coefficient (Wildman–Crippen LogP) is 5.53. The van der Waals surface area contributed by atoms with Gasteiger partial charge in [-0.3, -0.25) is 0 Å². The highest BCUT2D eigenvalue weighted by molar-refractivity contribution is 5.29. The van der Waals surface area contributed by atoms with Crippen LogP contribution in [-0.2, 0) is 0 Å². The molecule has 2 rings (SSSR count). The van der Waals surface area contributed by atoms with Gasteiger partial charge in [0, 0.05) is 0 Å². The number of hydrogen-bond acceptors (Lipinski definition) is 1. The van der Waals surface area contributed by atoms with E-state index < -0.39 is 6.08 Å². The van der Waals surface area contributed by atoms with E-state index in [2.05, 4.69) is 19.1 Å². The summed E-state index contributed by atoms with van der Waals surface area (Å²) in [6.45, 7) is 2.83. The van der Waals surface area contributed by atoms with Crippen LogP contribution < -0.4 is 4.74 Å². The molecule has 0 bridgehead atoms. The summed E-state index contributed by atoms with van der Waals surface area (Å²) < 4.78 is 30.0. The number of ether oxygens (including phenoxy) is 1. The summed E-state index contributed by atoms with van der Waals surface area (Å²) in [7, 11) is 0. The molecule has 0 aromatic heterocycles. The average molecular weight is 280 g/mol. The van der Waals surface area contributed by atoms with Crippen molar-refractivity contribution in [2.75, 3.05) is 6.61 Å². The molecule has 1 aromatic rings. The van der Waals surface area contributed by atoms with Crippen molar-refractivity contribution in [1.82, 2.24) is 0 Å². The summed E-state index contributed by atoms with van der Waals surface area (Å²) in [4.78, 5) is 0. The molecular weight excluding hydrogens is 258 g/mol. The maximum Gasteiger partial charge on any atom is 0.266 e. The molecular formula is C17H22F2O. The first-order valence-electron chi connectivity index (χ1n) is 7.44. The van der Waals surface area contributed by atoms with Crippen LogP contribution in [0.5, 0.6) is 5.75 Å². The van der Waals surface area contributed by atoms with Crippen LogP contribution in [-0.4, -0.2) is 6.61 Å². The Bertz CT molecular complexity index is 427. The fraction of sp³-hybridized carbons (Fsp3) is 0.529. The van der Waals surface area contributed by atoms with E-state index in [-0.39, 0.29) is 5.92 Å². The lowest BCUT2D eigenvalue weighted by Crippen LogP contribution is -2.11. The minimum atomic E-state index is -1.54. The van der Waals surface area contributed by atoms with E-state index in [0.717, 1.165) is 50.5 Å². The molecule has 20 heavy (non-hydrogen) atoms. The zero-order valence-electron chi connectivity index (χ0n) is 11.9. The van der Waals surface area contributed by atoms with E-state index in [1.807, 2.05) is 12.1 Å². The van der Waals surface area contributed by atoms with Crippen LogP contribution in [0, 0.1) is 5.92 Å². The summed E-state index contributed by atoms with van der Waals surface area (Å²) in [6.07, 6.45) is 4.28. The first-order chi connectivity index (χ1) is 9.69. The van der Waals surface area contributed by atoms with Crippen molar-refractivity contribution in [2.24, 2.45) is 5.92 Å². The molecule has 1 nitrogen and oxygen atoms in total. The lowest BCUT2D eigenvalue weighted by Gasteiger charge is -2.26. The van der Waals surface area contributed by atoms with Crippen molar-refractivity contribution in [3.63, 3.8) is 0 Å². The molecule has 0 atom stereocenters. The Labute approximate surface area is 119 Å². The fourth-order valence-corrected chi connectivity index (χ4v) is 2.85. The predicted molar refractivity (Wildman–Crippen MR) is 77.2 cm³/mol. The Kier molecular flexibility index (Phi) is 5.57. The van der Waals surface area contributed by atoms with Gasteiger partial charge < -0.3 is 4.74 Å². The van der Waals surface area contributed by atoms with Gasteiger partial charge in [0.05, 0.1) is 6.61 Å². The molecule has 0 radical (unpaired) electrons. The largest absolute Gasteiger partial charge is 0.494 e. The smallest absolute Gasteiger partial charge is 0.266 e. The van der Waals surface area contributed by atoms with Gasteiger partial charge in [0.25, 0.3) is 6.08 Å². The second-order valence-electron chi connectivity index (χ2n) is 5.49. The van der Waals surface area contributed by atoms with Crippen LogP contribution in [0.3, 0.4) is 0 Å². The Balaban J connectivity index is 1.88. The van der Waals surface area contributed by atoms with Crippen LogP contribution in [0.15, 0.2) is 36.4 Å². The number of rotatable bonds is 5. The van der Waals surface area contributed by atoms with E-state index >= 15 is 0 Å². The normalized spacial score (nSPS) is 22.4. The second kappa shape index (κ2) is 7.41. The number of halogens is 2. The lowest BCUT2D eigenvalue weighted by molar-refractivity contribution is 0.317. The SMILES string of the molecule is CCCOc1ccc(C2CCC(C=C(F)F)CC2)cc1. The van der Waals surface area contributed by atoms with Crippen LogP contribution in [0.4, 0.5) is 8.78 Å². The third-order valence-corrected chi connectivity index (χ3v) is 3.96. The van der Waals surface area contributed by atoms with E-state index in [1.54, 1.807) is 0 Å². The van der Waals surface area contributed by atoms with Crippen LogP contribution >= 0.6 is 0 Å². The summed E-state index contributed by atoms with van der Waals surface area (Å²) >= 11 is 0. The molecule has 1 aliphatic rings. The lowest BCUT2D eigenvalue weighted by atomic mass is 9.79. The van der Waals surface area contributed by atoms with Crippen molar-refractivity contribution in [3.8, 4) is 5.75 Å². The molecule has 1 aromatic carbocycles.